The Hall–Kier alpha value is -1.90. The average molecular weight is 217 g/mol. The van der Waals surface area contributed by atoms with Crippen LogP contribution in [0.1, 0.15) is 5.56 Å². The molecule has 82 valence electrons. The third-order valence-corrected chi connectivity index (χ3v) is 2.42. The molecule has 2 aromatic rings. The Bertz CT molecular complexity index is 494. The molecule has 0 fully saturated rings. The van der Waals surface area contributed by atoms with Gasteiger partial charge in [0.15, 0.2) is 0 Å². The highest BCUT2D eigenvalue weighted by Gasteiger charge is 2.08. The summed E-state index contributed by atoms with van der Waals surface area (Å²) in [7, 11) is 1.62. The van der Waals surface area contributed by atoms with Crippen LogP contribution >= 0.6 is 0 Å². The van der Waals surface area contributed by atoms with Crippen molar-refractivity contribution in [3.8, 4) is 17.0 Å². The maximum Gasteiger partial charge on any atom is 0.141 e. The normalized spacial score (nSPS) is 10.2. The van der Waals surface area contributed by atoms with E-state index in [0.717, 1.165) is 16.9 Å². The summed E-state index contributed by atoms with van der Waals surface area (Å²) in [6, 6.07) is 8.84. The van der Waals surface area contributed by atoms with E-state index in [2.05, 4.69) is 4.98 Å². The highest BCUT2D eigenvalue weighted by atomic mass is 19.1. The molecule has 0 radical (unpaired) electrons. The topological polar surface area (TPSA) is 22.1 Å². The molecule has 0 aliphatic heterocycles. The molecule has 2 nitrogen and oxygen atoms in total. The fourth-order valence-electron chi connectivity index (χ4n) is 1.66. The smallest absolute Gasteiger partial charge is 0.141 e. The van der Waals surface area contributed by atoms with Gasteiger partial charge in [0.2, 0.25) is 0 Å². The van der Waals surface area contributed by atoms with Gasteiger partial charge in [0.1, 0.15) is 11.6 Å². The lowest BCUT2D eigenvalue weighted by atomic mass is 10.1. The minimum atomic E-state index is -0.338. The third-order valence-electron chi connectivity index (χ3n) is 2.42. The van der Waals surface area contributed by atoms with Crippen molar-refractivity contribution in [1.29, 1.82) is 0 Å². The molecular formula is C13H12FNO. The van der Waals surface area contributed by atoms with Crippen molar-refractivity contribution < 1.29 is 9.13 Å². The lowest BCUT2D eigenvalue weighted by Gasteiger charge is -2.10. The Labute approximate surface area is 93.7 Å². The molecule has 2 rings (SSSR count). The number of pyridine rings is 1. The molecule has 0 atom stereocenters. The van der Waals surface area contributed by atoms with E-state index in [1.165, 1.54) is 12.3 Å². The van der Waals surface area contributed by atoms with Gasteiger partial charge in [0.05, 0.1) is 19.0 Å². The average Bonchev–Trinajstić information content (AvgIpc) is 2.30. The first-order valence-electron chi connectivity index (χ1n) is 4.98. The SMILES string of the molecule is COc1c(C)cccc1-c1ccc(F)cn1. The van der Waals surface area contributed by atoms with Crippen molar-refractivity contribution in [2.24, 2.45) is 0 Å². The fraction of sp³-hybridized carbons (Fsp3) is 0.154. The number of rotatable bonds is 2. The van der Waals surface area contributed by atoms with Crippen molar-refractivity contribution in [3.05, 3.63) is 47.9 Å². The van der Waals surface area contributed by atoms with Crippen molar-refractivity contribution in [2.75, 3.05) is 7.11 Å². The largest absolute Gasteiger partial charge is 0.496 e. The van der Waals surface area contributed by atoms with Crippen molar-refractivity contribution in [2.45, 2.75) is 6.92 Å². The summed E-state index contributed by atoms with van der Waals surface area (Å²) in [5, 5.41) is 0. The molecule has 1 aromatic heterocycles. The Morgan fingerprint density at radius 2 is 2.00 bits per heavy atom. The summed E-state index contributed by atoms with van der Waals surface area (Å²) in [6.45, 7) is 1.96. The molecule has 0 bridgehead atoms. The second-order valence-electron chi connectivity index (χ2n) is 3.52. The number of nitrogens with zero attached hydrogens (tertiary/aromatic N) is 1. The van der Waals surface area contributed by atoms with E-state index in [9.17, 15) is 4.39 Å². The van der Waals surface area contributed by atoms with Crippen LogP contribution in [0.3, 0.4) is 0 Å². The first-order chi connectivity index (χ1) is 7.72. The second-order valence-corrected chi connectivity index (χ2v) is 3.52. The Morgan fingerprint density at radius 1 is 1.19 bits per heavy atom. The first-order valence-corrected chi connectivity index (χ1v) is 4.98. The molecule has 0 spiro atoms. The van der Waals surface area contributed by atoms with Gasteiger partial charge in [0.25, 0.3) is 0 Å². The Kier molecular flexibility index (Phi) is 2.86. The summed E-state index contributed by atoms with van der Waals surface area (Å²) < 4.78 is 18.1. The number of aryl methyl sites for hydroxylation is 1. The molecule has 16 heavy (non-hydrogen) atoms. The molecule has 0 aliphatic rings. The minimum absolute atomic E-state index is 0.338. The molecule has 0 unspecified atom stereocenters. The first kappa shape index (κ1) is 10.6. The van der Waals surface area contributed by atoms with Crippen LogP contribution in [-0.2, 0) is 0 Å². The summed E-state index contributed by atoms with van der Waals surface area (Å²) in [5.41, 5.74) is 2.62. The lowest BCUT2D eigenvalue weighted by Crippen LogP contribution is -1.92. The predicted molar refractivity (Wildman–Crippen MR) is 60.9 cm³/mol. The monoisotopic (exact) mass is 217 g/mol. The Balaban J connectivity index is 2.55. The van der Waals surface area contributed by atoms with Gasteiger partial charge >= 0.3 is 0 Å². The van der Waals surface area contributed by atoms with Gasteiger partial charge in [-0.2, -0.15) is 0 Å². The number of aromatic nitrogens is 1. The maximum atomic E-state index is 12.8. The second kappa shape index (κ2) is 4.31. The van der Waals surface area contributed by atoms with E-state index in [1.807, 2.05) is 25.1 Å². The van der Waals surface area contributed by atoms with Crippen molar-refractivity contribution >= 4 is 0 Å². The van der Waals surface area contributed by atoms with Crippen LogP contribution in [0, 0.1) is 12.7 Å². The van der Waals surface area contributed by atoms with Crippen LogP contribution in [0.4, 0.5) is 4.39 Å². The zero-order valence-corrected chi connectivity index (χ0v) is 9.20. The van der Waals surface area contributed by atoms with E-state index in [1.54, 1.807) is 13.2 Å². The van der Waals surface area contributed by atoms with Gasteiger partial charge in [0, 0.05) is 5.56 Å². The fourth-order valence-corrected chi connectivity index (χ4v) is 1.66. The van der Waals surface area contributed by atoms with E-state index in [-0.39, 0.29) is 5.82 Å². The number of para-hydroxylation sites is 1. The lowest BCUT2D eigenvalue weighted by molar-refractivity contribution is 0.413. The van der Waals surface area contributed by atoms with E-state index in [0.29, 0.717) is 5.69 Å². The molecular weight excluding hydrogens is 205 g/mol. The summed E-state index contributed by atoms with van der Waals surface area (Å²) >= 11 is 0. The van der Waals surface area contributed by atoms with E-state index < -0.39 is 0 Å². The van der Waals surface area contributed by atoms with Gasteiger partial charge in [-0.15, -0.1) is 0 Å². The highest BCUT2D eigenvalue weighted by Crippen LogP contribution is 2.31. The van der Waals surface area contributed by atoms with Gasteiger partial charge in [-0.3, -0.25) is 4.98 Å². The number of methoxy groups -OCH3 is 1. The number of benzene rings is 1. The van der Waals surface area contributed by atoms with E-state index in [4.69, 9.17) is 4.74 Å². The van der Waals surface area contributed by atoms with Crippen LogP contribution in [0.15, 0.2) is 36.5 Å². The maximum absolute atomic E-state index is 12.8. The number of halogens is 1. The van der Waals surface area contributed by atoms with Crippen LogP contribution in [-0.4, -0.2) is 12.1 Å². The molecule has 1 aromatic carbocycles. The third kappa shape index (κ3) is 1.89. The van der Waals surface area contributed by atoms with Gasteiger partial charge < -0.3 is 4.74 Å². The number of ether oxygens (including phenoxy) is 1. The number of hydrogen-bond donors (Lipinski definition) is 0. The van der Waals surface area contributed by atoms with Crippen LogP contribution in [0.5, 0.6) is 5.75 Å². The molecule has 3 heteroatoms. The molecule has 0 saturated heterocycles. The predicted octanol–water partition coefficient (Wildman–Crippen LogP) is 3.20. The highest BCUT2D eigenvalue weighted by molar-refractivity contribution is 5.68. The quantitative estimate of drug-likeness (QED) is 0.770. The summed E-state index contributed by atoms with van der Waals surface area (Å²) in [5.74, 6) is 0.442. The zero-order valence-electron chi connectivity index (χ0n) is 9.20. The molecule has 0 aliphatic carbocycles. The van der Waals surface area contributed by atoms with Crippen LogP contribution in [0.2, 0.25) is 0 Å². The summed E-state index contributed by atoms with van der Waals surface area (Å²) in [6.07, 6.45) is 1.21. The van der Waals surface area contributed by atoms with Crippen molar-refractivity contribution in [3.63, 3.8) is 0 Å². The number of hydrogen-bond acceptors (Lipinski definition) is 2. The Morgan fingerprint density at radius 3 is 2.62 bits per heavy atom. The molecule has 0 amide bonds. The summed E-state index contributed by atoms with van der Waals surface area (Å²) in [4.78, 5) is 4.04. The van der Waals surface area contributed by atoms with Crippen LogP contribution in [0.25, 0.3) is 11.3 Å². The van der Waals surface area contributed by atoms with E-state index >= 15 is 0 Å². The zero-order chi connectivity index (χ0) is 11.5. The standard InChI is InChI=1S/C13H12FNO/c1-9-4-3-5-11(13(9)16-2)12-7-6-10(14)8-15-12/h3-8H,1-2H3. The van der Waals surface area contributed by atoms with Crippen molar-refractivity contribution in [1.82, 2.24) is 4.98 Å². The van der Waals surface area contributed by atoms with Gasteiger partial charge in [-0.05, 0) is 30.7 Å². The van der Waals surface area contributed by atoms with Gasteiger partial charge in [-0.1, -0.05) is 12.1 Å². The van der Waals surface area contributed by atoms with Gasteiger partial charge in [-0.25, -0.2) is 4.39 Å². The molecule has 1 heterocycles. The molecule has 0 N–H and O–H groups in total. The molecule has 0 saturated carbocycles. The minimum Gasteiger partial charge on any atom is -0.496 e. The van der Waals surface area contributed by atoms with Crippen LogP contribution < -0.4 is 4.74 Å².